The van der Waals surface area contributed by atoms with Crippen LogP contribution >= 0.6 is 0 Å². The van der Waals surface area contributed by atoms with Gasteiger partial charge in [0.25, 0.3) is 0 Å². The molecule has 7 aromatic rings. The third-order valence-corrected chi connectivity index (χ3v) is 11.1. The van der Waals surface area contributed by atoms with Gasteiger partial charge in [-0.25, -0.2) is 4.98 Å². The van der Waals surface area contributed by atoms with Gasteiger partial charge in [0, 0.05) is 40.9 Å². The Kier molecular flexibility index (Phi) is 8.38. The number of para-hydroxylation sites is 3. The van der Waals surface area contributed by atoms with E-state index in [0.717, 1.165) is 18.9 Å². The summed E-state index contributed by atoms with van der Waals surface area (Å²) in [5.74, 6) is 0.963. The van der Waals surface area contributed by atoms with Crippen molar-refractivity contribution in [3.05, 3.63) is 155 Å². The fourth-order valence-corrected chi connectivity index (χ4v) is 7.89. The van der Waals surface area contributed by atoms with E-state index in [2.05, 4.69) is 193 Å². The molecule has 1 aliphatic heterocycles. The van der Waals surface area contributed by atoms with E-state index < -0.39 is 0 Å². The zero-order valence-electron chi connectivity index (χ0n) is 32.9. The van der Waals surface area contributed by atoms with E-state index in [4.69, 9.17) is 4.98 Å². The van der Waals surface area contributed by atoms with E-state index in [9.17, 15) is 0 Å². The highest BCUT2D eigenvalue weighted by Crippen LogP contribution is 2.38. The summed E-state index contributed by atoms with van der Waals surface area (Å²) in [5.41, 5.74) is 14.3. The zero-order valence-corrected chi connectivity index (χ0v) is 32.9. The predicted molar refractivity (Wildman–Crippen MR) is 224 cm³/mol. The molecule has 1 atom stereocenters. The standard InChI is InChI=1S/C49H52N4/c1-47(2,3)35-23-24-50-46(31-35)53-42-18-11-10-17-40(42)41-22-21-34(27-45(41)53)25-33-15-14-16-38(26-33)51-32-52(44-20-13-12-19-43(44)51)39-29-36(48(4,5)6)28-37(30-39)49(7,8)9/h10-24,26-31H,25,32H2,1-9H3/p+1. The second-order valence-corrected chi connectivity index (χ2v) is 18.1. The quantitative estimate of drug-likeness (QED) is 0.194. The highest BCUT2D eigenvalue weighted by atomic mass is 15.4. The van der Waals surface area contributed by atoms with Gasteiger partial charge in [-0.1, -0.05) is 123 Å². The first-order chi connectivity index (χ1) is 25.1. The molecule has 0 aliphatic carbocycles. The highest BCUT2D eigenvalue weighted by Gasteiger charge is 2.35. The Morgan fingerprint density at radius 2 is 1.23 bits per heavy atom. The SMILES string of the molecule is CC(C)(C)c1cc([NH+]2CN(c3cccc(Cc4ccc5c6ccccc6n(-c6cc(C(C)(C)C)ccn6)c5c4)c3)c3ccccc32)cc(C(C)(C)C)c1. The minimum atomic E-state index is 0.0346. The first kappa shape index (κ1) is 34.9. The molecule has 53 heavy (non-hydrogen) atoms. The Balaban J connectivity index is 1.15. The van der Waals surface area contributed by atoms with Gasteiger partial charge in [-0.3, -0.25) is 14.4 Å². The topological polar surface area (TPSA) is 25.5 Å². The van der Waals surface area contributed by atoms with Crippen LogP contribution in [0, 0.1) is 0 Å². The van der Waals surface area contributed by atoms with Crippen LogP contribution in [0.25, 0.3) is 27.6 Å². The van der Waals surface area contributed by atoms with Crippen LogP contribution < -0.4 is 9.80 Å². The minimum Gasteiger partial charge on any atom is -0.294 e. The first-order valence-corrected chi connectivity index (χ1v) is 19.1. The number of hydrogen-bond donors (Lipinski definition) is 1. The first-order valence-electron chi connectivity index (χ1n) is 19.1. The second-order valence-electron chi connectivity index (χ2n) is 18.1. The molecular formula is C49H53N4+. The van der Waals surface area contributed by atoms with Gasteiger partial charge in [-0.2, -0.15) is 0 Å². The minimum absolute atomic E-state index is 0.0346. The lowest BCUT2D eigenvalue weighted by Gasteiger charge is -2.27. The van der Waals surface area contributed by atoms with Crippen molar-refractivity contribution in [3.63, 3.8) is 0 Å². The highest BCUT2D eigenvalue weighted by molar-refractivity contribution is 6.09. The van der Waals surface area contributed by atoms with E-state index in [-0.39, 0.29) is 16.2 Å². The molecule has 1 aliphatic rings. The van der Waals surface area contributed by atoms with Gasteiger partial charge in [-0.15, -0.1) is 0 Å². The van der Waals surface area contributed by atoms with Crippen LogP contribution in [0.1, 0.15) is 90.1 Å². The molecule has 0 amide bonds. The Bertz CT molecular complexity index is 2450. The summed E-state index contributed by atoms with van der Waals surface area (Å²) in [6.45, 7) is 21.6. The summed E-state index contributed by atoms with van der Waals surface area (Å²) < 4.78 is 2.35. The van der Waals surface area contributed by atoms with Crippen molar-refractivity contribution in [2.24, 2.45) is 0 Å². The fourth-order valence-electron chi connectivity index (χ4n) is 7.89. The molecule has 268 valence electrons. The molecule has 3 heterocycles. The molecule has 0 saturated heterocycles. The van der Waals surface area contributed by atoms with E-state index in [1.807, 2.05) is 6.20 Å². The van der Waals surface area contributed by atoms with Gasteiger partial charge in [0.15, 0.2) is 12.4 Å². The van der Waals surface area contributed by atoms with Crippen LogP contribution in [0.15, 0.2) is 128 Å². The molecule has 0 spiro atoms. The van der Waals surface area contributed by atoms with Crippen LogP contribution in [0.2, 0.25) is 0 Å². The Morgan fingerprint density at radius 3 is 1.96 bits per heavy atom. The van der Waals surface area contributed by atoms with E-state index in [0.29, 0.717) is 0 Å². The van der Waals surface area contributed by atoms with Crippen LogP contribution in [-0.4, -0.2) is 16.2 Å². The largest absolute Gasteiger partial charge is 0.294 e. The van der Waals surface area contributed by atoms with Gasteiger partial charge in [0.2, 0.25) is 0 Å². The summed E-state index contributed by atoms with van der Waals surface area (Å²) in [7, 11) is 0. The molecule has 0 bridgehead atoms. The summed E-state index contributed by atoms with van der Waals surface area (Å²) in [5, 5.41) is 2.50. The third kappa shape index (κ3) is 6.55. The van der Waals surface area contributed by atoms with Gasteiger partial charge in [0.1, 0.15) is 17.2 Å². The van der Waals surface area contributed by atoms with Crippen molar-refractivity contribution in [2.75, 3.05) is 11.6 Å². The molecule has 2 aromatic heterocycles. The van der Waals surface area contributed by atoms with Gasteiger partial charge in [0.05, 0.1) is 11.0 Å². The average molecular weight is 698 g/mol. The van der Waals surface area contributed by atoms with E-state index in [1.54, 1.807) is 0 Å². The summed E-state index contributed by atoms with van der Waals surface area (Å²) in [6.07, 6.45) is 2.80. The monoisotopic (exact) mass is 697 g/mol. The number of nitrogens with one attached hydrogen (secondary N) is 1. The van der Waals surface area contributed by atoms with Gasteiger partial charge < -0.3 is 0 Å². The molecule has 4 heteroatoms. The molecule has 1 unspecified atom stereocenters. The fraction of sp³-hybridized carbons (Fsp3) is 0.286. The van der Waals surface area contributed by atoms with Crippen molar-refractivity contribution >= 4 is 44.6 Å². The lowest BCUT2D eigenvalue weighted by atomic mass is 9.80. The lowest BCUT2D eigenvalue weighted by molar-refractivity contribution is -0.751. The van der Waals surface area contributed by atoms with Crippen LogP contribution in [0.3, 0.4) is 0 Å². The van der Waals surface area contributed by atoms with E-state index in [1.165, 1.54) is 77.3 Å². The van der Waals surface area contributed by atoms with Crippen molar-refractivity contribution in [1.82, 2.24) is 9.55 Å². The Morgan fingerprint density at radius 1 is 0.566 bits per heavy atom. The van der Waals surface area contributed by atoms with Crippen LogP contribution in [0.4, 0.5) is 22.7 Å². The van der Waals surface area contributed by atoms with Crippen molar-refractivity contribution in [3.8, 4) is 5.82 Å². The number of aromatic nitrogens is 2. The summed E-state index contributed by atoms with van der Waals surface area (Å²) in [6, 6.07) is 45.5. The molecule has 8 rings (SSSR count). The second kappa shape index (κ2) is 12.7. The molecule has 5 aromatic carbocycles. The molecular weight excluding hydrogens is 645 g/mol. The third-order valence-electron chi connectivity index (χ3n) is 11.1. The number of benzene rings is 5. The molecule has 0 saturated carbocycles. The van der Waals surface area contributed by atoms with Crippen molar-refractivity contribution in [2.45, 2.75) is 85.0 Å². The number of anilines is 2. The number of hydrogen-bond acceptors (Lipinski definition) is 2. The van der Waals surface area contributed by atoms with E-state index >= 15 is 0 Å². The van der Waals surface area contributed by atoms with Gasteiger partial charge >= 0.3 is 0 Å². The number of fused-ring (bicyclic) bond motifs is 4. The Labute approximate surface area is 315 Å². The smallest absolute Gasteiger partial charge is 0.166 e. The lowest BCUT2D eigenvalue weighted by Crippen LogP contribution is -3.01. The van der Waals surface area contributed by atoms with Crippen molar-refractivity contribution in [1.29, 1.82) is 0 Å². The van der Waals surface area contributed by atoms with Crippen molar-refractivity contribution < 1.29 is 4.90 Å². The zero-order chi connectivity index (χ0) is 37.3. The van der Waals surface area contributed by atoms with Crippen LogP contribution in [0.5, 0.6) is 0 Å². The molecule has 0 fully saturated rings. The maximum atomic E-state index is 4.90. The number of pyridine rings is 1. The average Bonchev–Trinajstić information content (AvgIpc) is 3.67. The number of rotatable bonds is 5. The van der Waals surface area contributed by atoms with Gasteiger partial charge in [-0.05, 0) is 92.9 Å². The number of quaternary nitrogens is 1. The molecule has 1 N–H and O–H groups in total. The predicted octanol–water partition coefficient (Wildman–Crippen LogP) is 11.6. The molecule has 0 radical (unpaired) electrons. The Hall–Kier alpha value is -5.19. The summed E-state index contributed by atoms with van der Waals surface area (Å²) in [4.78, 5) is 8.80. The molecule has 4 nitrogen and oxygen atoms in total. The number of nitrogens with zero attached hydrogens (tertiary/aromatic N) is 3. The maximum Gasteiger partial charge on any atom is 0.166 e. The maximum absolute atomic E-state index is 4.90. The van der Waals surface area contributed by atoms with Crippen LogP contribution in [-0.2, 0) is 22.7 Å². The normalized spacial score (nSPS) is 15.0. The summed E-state index contributed by atoms with van der Waals surface area (Å²) >= 11 is 0.